The molecule has 24 heavy (non-hydrogen) atoms. The fourth-order valence-electron chi connectivity index (χ4n) is 2.31. The van der Waals surface area contributed by atoms with Crippen LogP contribution in [0.1, 0.15) is 12.2 Å². The minimum Gasteiger partial charge on any atom is -0.461 e. The molecular formula is C19H15F2NO2. The van der Waals surface area contributed by atoms with Crippen molar-refractivity contribution in [1.82, 2.24) is 0 Å². The number of nitrogens with one attached hydrogen (secondary N) is 1. The number of furan rings is 1. The zero-order valence-electron chi connectivity index (χ0n) is 12.8. The molecular weight excluding hydrogens is 312 g/mol. The predicted octanol–water partition coefficient (Wildman–Crippen LogP) is 4.80. The summed E-state index contributed by atoms with van der Waals surface area (Å²) in [5, 5.41) is 2.64. The molecule has 1 aromatic heterocycles. The number of rotatable bonds is 5. The normalized spacial score (nSPS) is 10.6. The van der Waals surface area contributed by atoms with Crippen molar-refractivity contribution in [3.63, 3.8) is 0 Å². The Balaban J connectivity index is 1.57. The first kappa shape index (κ1) is 15.9. The topological polar surface area (TPSA) is 42.2 Å². The zero-order chi connectivity index (χ0) is 16.9. The molecule has 0 saturated heterocycles. The van der Waals surface area contributed by atoms with E-state index in [0.717, 1.165) is 5.56 Å². The maximum absolute atomic E-state index is 13.1. The third-order valence-electron chi connectivity index (χ3n) is 3.50. The standard InChI is InChI=1S/C19H15F2NO2/c20-14-6-4-13(5-7-14)18-10-8-17(24-18)9-11-19(23)22-16-3-1-2-15(21)12-16/h1-8,10,12H,9,11H2,(H,22,23). The van der Waals surface area contributed by atoms with E-state index in [2.05, 4.69) is 5.32 Å². The molecule has 0 aliphatic rings. The molecule has 1 heterocycles. The van der Waals surface area contributed by atoms with Crippen molar-refractivity contribution in [2.24, 2.45) is 0 Å². The Labute approximate surface area is 137 Å². The second-order valence-electron chi connectivity index (χ2n) is 5.33. The Morgan fingerprint density at radius 3 is 2.50 bits per heavy atom. The number of benzene rings is 2. The van der Waals surface area contributed by atoms with Gasteiger partial charge in [0.15, 0.2) is 0 Å². The summed E-state index contributed by atoms with van der Waals surface area (Å²) >= 11 is 0. The number of hydrogen-bond acceptors (Lipinski definition) is 2. The second kappa shape index (κ2) is 7.08. The molecule has 2 aromatic carbocycles. The fraction of sp³-hybridized carbons (Fsp3) is 0.105. The maximum Gasteiger partial charge on any atom is 0.224 e. The van der Waals surface area contributed by atoms with E-state index in [-0.39, 0.29) is 18.1 Å². The number of halogens is 2. The summed E-state index contributed by atoms with van der Waals surface area (Å²) in [7, 11) is 0. The van der Waals surface area contributed by atoms with Crippen molar-refractivity contribution in [3.05, 3.63) is 78.1 Å². The van der Waals surface area contributed by atoms with Crippen molar-refractivity contribution >= 4 is 11.6 Å². The number of carbonyl (C=O) groups excluding carboxylic acids is 1. The Morgan fingerprint density at radius 2 is 1.75 bits per heavy atom. The third-order valence-corrected chi connectivity index (χ3v) is 3.50. The highest BCUT2D eigenvalue weighted by atomic mass is 19.1. The van der Waals surface area contributed by atoms with Crippen LogP contribution in [0.15, 0.2) is 65.1 Å². The lowest BCUT2D eigenvalue weighted by Crippen LogP contribution is -2.12. The lowest BCUT2D eigenvalue weighted by Gasteiger charge is -2.04. The SMILES string of the molecule is O=C(CCc1ccc(-c2ccc(F)cc2)o1)Nc1cccc(F)c1. The Bertz CT molecular complexity index is 841. The van der Waals surface area contributed by atoms with Gasteiger partial charge in [-0.3, -0.25) is 4.79 Å². The van der Waals surface area contributed by atoms with Gasteiger partial charge < -0.3 is 9.73 Å². The van der Waals surface area contributed by atoms with Crippen molar-refractivity contribution < 1.29 is 18.0 Å². The molecule has 1 N–H and O–H groups in total. The highest BCUT2D eigenvalue weighted by molar-refractivity contribution is 5.90. The number of anilines is 1. The Kier molecular flexibility index (Phi) is 4.70. The van der Waals surface area contributed by atoms with E-state index in [9.17, 15) is 13.6 Å². The van der Waals surface area contributed by atoms with Gasteiger partial charge in [-0.25, -0.2) is 8.78 Å². The van der Waals surface area contributed by atoms with Crippen molar-refractivity contribution in [2.75, 3.05) is 5.32 Å². The third kappa shape index (κ3) is 4.07. The van der Waals surface area contributed by atoms with E-state index >= 15 is 0 Å². The van der Waals surface area contributed by atoms with Gasteiger partial charge in [0.1, 0.15) is 23.2 Å². The summed E-state index contributed by atoms with van der Waals surface area (Å²) in [6, 6.07) is 15.3. The lowest BCUT2D eigenvalue weighted by molar-refractivity contribution is -0.116. The van der Waals surface area contributed by atoms with Crippen LogP contribution in [0.3, 0.4) is 0 Å². The average Bonchev–Trinajstić information content (AvgIpc) is 3.03. The summed E-state index contributed by atoms with van der Waals surface area (Å²) < 4.78 is 31.7. The van der Waals surface area contributed by atoms with Crippen LogP contribution in [0.2, 0.25) is 0 Å². The van der Waals surface area contributed by atoms with Gasteiger partial charge >= 0.3 is 0 Å². The number of aryl methyl sites for hydroxylation is 1. The van der Waals surface area contributed by atoms with Gasteiger partial charge in [-0.2, -0.15) is 0 Å². The molecule has 5 heteroatoms. The van der Waals surface area contributed by atoms with Crippen molar-refractivity contribution in [1.29, 1.82) is 0 Å². The van der Waals surface area contributed by atoms with Crippen molar-refractivity contribution in [3.8, 4) is 11.3 Å². The number of hydrogen-bond donors (Lipinski definition) is 1. The predicted molar refractivity (Wildman–Crippen MR) is 87.5 cm³/mol. The first-order chi connectivity index (χ1) is 11.6. The van der Waals surface area contributed by atoms with Crippen LogP contribution in [0.25, 0.3) is 11.3 Å². The van der Waals surface area contributed by atoms with Gasteiger partial charge in [0.2, 0.25) is 5.91 Å². The van der Waals surface area contributed by atoms with Crippen LogP contribution < -0.4 is 5.32 Å². The number of carbonyl (C=O) groups is 1. The number of amides is 1. The quantitative estimate of drug-likeness (QED) is 0.731. The maximum atomic E-state index is 13.1. The molecule has 0 aliphatic heterocycles. The molecule has 3 nitrogen and oxygen atoms in total. The van der Waals surface area contributed by atoms with Gasteiger partial charge in [-0.1, -0.05) is 6.07 Å². The molecule has 122 valence electrons. The molecule has 1 amide bonds. The largest absolute Gasteiger partial charge is 0.461 e. The van der Waals surface area contributed by atoms with Crippen LogP contribution >= 0.6 is 0 Å². The highest BCUT2D eigenvalue weighted by Gasteiger charge is 2.08. The lowest BCUT2D eigenvalue weighted by atomic mass is 10.2. The molecule has 0 spiro atoms. The van der Waals surface area contributed by atoms with Crippen LogP contribution in [0, 0.1) is 11.6 Å². The monoisotopic (exact) mass is 327 g/mol. The van der Waals surface area contributed by atoms with Gasteiger partial charge in [0.05, 0.1) is 0 Å². The van der Waals surface area contributed by atoms with Crippen LogP contribution in [-0.2, 0) is 11.2 Å². The van der Waals surface area contributed by atoms with Crippen molar-refractivity contribution in [2.45, 2.75) is 12.8 Å². The highest BCUT2D eigenvalue weighted by Crippen LogP contribution is 2.23. The summed E-state index contributed by atoms with van der Waals surface area (Å²) in [5.74, 6) is 0.349. The molecule has 0 saturated carbocycles. The van der Waals surface area contributed by atoms with Gasteiger partial charge in [-0.15, -0.1) is 0 Å². The van der Waals surface area contributed by atoms with E-state index in [1.54, 1.807) is 30.3 Å². The smallest absolute Gasteiger partial charge is 0.224 e. The summed E-state index contributed by atoms with van der Waals surface area (Å²) in [5.41, 5.74) is 1.19. The van der Waals surface area contributed by atoms with E-state index in [1.807, 2.05) is 0 Å². The second-order valence-corrected chi connectivity index (χ2v) is 5.33. The van der Waals surface area contributed by atoms with Crippen LogP contribution in [0.4, 0.5) is 14.5 Å². The molecule has 0 bridgehead atoms. The molecule has 0 radical (unpaired) electrons. The van der Waals surface area contributed by atoms with Gasteiger partial charge in [0, 0.05) is 24.1 Å². The molecule has 0 atom stereocenters. The van der Waals surface area contributed by atoms with Crippen LogP contribution in [0.5, 0.6) is 0 Å². The molecule has 3 aromatic rings. The van der Waals surface area contributed by atoms with E-state index in [0.29, 0.717) is 23.6 Å². The minimum absolute atomic E-state index is 0.215. The Morgan fingerprint density at radius 1 is 0.958 bits per heavy atom. The molecule has 0 unspecified atom stereocenters. The molecule has 3 rings (SSSR count). The summed E-state index contributed by atoms with van der Waals surface area (Å²) in [4.78, 5) is 11.9. The molecule has 0 aliphatic carbocycles. The molecule has 0 fully saturated rings. The fourth-order valence-corrected chi connectivity index (χ4v) is 2.31. The van der Waals surface area contributed by atoms with Gasteiger partial charge in [-0.05, 0) is 54.6 Å². The summed E-state index contributed by atoms with van der Waals surface area (Å²) in [6.07, 6.45) is 0.634. The average molecular weight is 327 g/mol. The van der Waals surface area contributed by atoms with Gasteiger partial charge in [0.25, 0.3) is 0 Å². The summed E-state index contributed by atoms with van der Waals surface area (Å²) in [6.45, 7) is 0. The van der Waals surface area contributed by atoms with E-state index < -0.39 is 5.82 Å². The van der Waals surface area contributed by atoms with E-state index in [1.165, 1.54) is 30.3 Å². The minimum atomic E-state index is -0.400. The zero-order valence-corrected chi connectivity index (χ0v) is 12.8. The first-order valence-corrected chi connectivity index (χ1v) is 7.50. The first-order valence-electron chi connectivity index (χ1n) is 7.50. The Hall–Kier alpha value is -2.95. The van der Waals surface area contributed by atoms with E-state index in [4.69, 9.17) is 4.42 Å². The van der Waals surface area contributed by atoms with Crippen LogP contribution in [-0.4, -0.2) is 5.91 Å².